The van der Waals surface area contributed by atoms with Gasteiger partial charge in [0.2, 0.25) is 0 Å². The third-order valence-corrected chi connectivity index (χ3v) is 4.15. The summed E-state index contributed by atoms with van der Waals surface area (Å²) >= 11 is 0. The monoisotopic (exact) mass is 154 g/mol. The average molecular weight is 154 g/mol. The first-order valence-corrected chi connectivity index (χ1v) is 4.61. The second-order valence-corrected chi connectivity index (χ2v) is 4.62. The molecule has 2 heteroatoms. The van der Waals surface area contributed by atoms with E-state index in [1.54, 1.807) is 0 Å². The lowest BCUT2D eigenvalue weighted by Gasteiger charge is -2.27. The third kappa shape index (κ3) is 0.574. The number of aliphatic hydroxyl groups excluding tert-OH is 1. The van der Waals surface area contributed by atoms with Gasteiger partial charge < -0.3 is 10.2 Å². The molecule has 0 aromatic rings. The molecule has 62 valence electrons. The molecule has 3 fully saturated rings. The summed E-state index contributed by atoms with van der Waals surface area (Å²) in [7, 11) is 0. The molecule has 0 heterocycles. The van der Waals surface area contributed by atoms with Crippen LogP contribution >= 0.6 is 0 Å². The molecule has 0 radical (unpaired) electrons. The Morgan fingerprint density at radius 2 is 2.09 bits per heavy atom. The Balaban J connectivity index is 2.06. The molecule has 3 aliphatic carbocycles. The largest absolute Gasteiger partial charge is 0.392 e. The van der Waals surface area contributed by atoms with Crippen molar-refractivity contribution in [2.24, 2.45) is 17.8 Å². The quantitative estimate of drug-likeness (QED) is 0.534. The standard InChI is InChI=1S/C9H14O2/c10-8-6-3-5-1-2-9(11,4-6)7(5)8/h5-8,10-11H,1-4H2. The number of hydrogen-bond acceptors (Lipinski definition) is 2. The second-order valence-electron chi connectivity index (χ2n) is 4.62. The maximum atomic E-state index is 10.0. The van der Waals surface area contributed by atoms with Crippen molar-refractivity contribution in [3.05, 3.63) is 0 Å². The molecule has 0 amide bonds. The lowest BCUT2D eigenvalue weighted by Crippen LogP contribution is -2.33. The first kappa shape index (κ1) is 6.44. The zero-order chi connectivity index (χ0) is 7.64. The molecule has 3 saturated carbocycles. The molecular weight excluding hydrogens is 140 g/mol. The first-order chi connectivity index (χ1) is 5.21. The molecule has 0 spiro atoms. The lowest BCUT2D eigenvalue weighted by atomic mass is 9.85. The Morgan fingerprint density at radius 1 is 1.27 bits per heavy atom. The van der Waals surface area contributed by atoms with Gasteiger partial charge in [0.25, 0.3) is 0 Å². The van der Waals surface area contributed by atoms with Gasteiger partial charge in [-0.15, -0.1) is 0 Å². The van der Waals surface area contributed by atoms with Crippen LogP contribution in [0.25, 0.3) is 0 Å². The Morgan fingerprint density at radius 3 is 2.64 bits per heavy atom. The average Bonchev–Trinajstić information content (AvgIpc) is 2.42. The zero-order valence-corrected chi connectivity index (χ0v) is 6.53. The Hall–Kier alpha value is -0.0800. The molecule has 2 N–H and O–H groups in total. The fourth-order valence-corrected chi connectivity index (χ4v) is 3.80. The van der Waals surface area contributed by atoms with Crippen molar-refractivity contribution in [1.29, 1.82) is 0 Å². The number of rotatable bonds is 0. The van der Waals surface area contributed by atoms with Crippen molar-refractivity contribution >= 4 is 0 Å². The van der Waals surface area contributed by atoms with E-state index in [1.807, 2.05) is 0 Å². The SMILES string of the molecule is OC1C2CC3CCC(O)(C2)C31. The highest BCUT2D eigenvalue weighted by Gasteiger charge is 2.63. The van der Waals surface area contributed by atoms with E-state index in [1.165, 1.54) is 6.42 Å². The third-order valence-electron chi connectivity index (χ3n) is 4.15. The normalized spacial score (nSPS) is 66.0. The van der Waals surface area contributed by atoms with Crippen LogP contribution in [0.15, 0.2) is 0 Å². The van der Waals surface area contributed by atoms with Gasteiger partial charge in [-0.1, -0.05) is 0 Å². The van der Waals surface area contributed by atoms with Gasteiger partial charge in [0.1, 0.15) is 0 Å². The summed E-state index contributed by atoms with van der Waals surface area (Å²) in [6.45, 7) is 0. The van der Waals surface area contributed by atoms with Crippen LogP contribution in [0, 0.1) is 17.8 Å². The molecule has 5 atom stereocenters. The van der Waals surface area contributed by atoms with E-state index in [4.69, 9.17) is 0 Å². The number of aliphatic hydroxyl groups is 2. The predicted octanol–water partition coefficient (Wildman–Crippen LogP) is 0.528. The minimum absolute atomic E-state index is 0.174. The minimum atomic E-state index is -0.451. The van der Waals surface area contributed by atoms with Crippen LogP contribution in [0.1, 0.15) is 25.7 Å². The van der Waals surface area contributed by atoms with Gasteiger partial charge in [0.05, 0.1) is 11.7 Å². The fourth-order valence-electron chi connectivity index (χ4n) is 3.80. The first-order valence-electron chi connectivity index (χ1n) is 4.61. The molecule has 2 nitrogen and oxygen atoms in total. The van der Waals surface area contributed by atoms with Crippen LogP contribution in [0.3, 0.4) is 0 Å². The molecule has 0 aliphatic heterocycles. The van der Waals surface area contributed by atoms with Gasteiger partial charge in [-0.2, -0.15) is 0 Å². The van der Waals surface area contributed by atoms with E-state index in [0.29, 0.717) is 11.8 Å². The molecule has 2 bridgehead atoms. The van der Waals surface area contributed by atoms with Crippen molar-refractivity contribution in [3.63, 3.8) is 0 Å². The molecule has 0 aromatic carbocycles. The molecule has 5 unspecified atom stereocenters. The van der Waals surface area contributed by atoms with E-state index in [2.05, 4.69) is 0 Å². The van der Waals surface area contributed by atoms with Crippen LogP contribution in [-0.4, -0.2) is 21.9 Å². The van der Waals surface area contributed by atoms with Gasteiger partial charge in [-0.25, -0.2) is 0 Å². The van der Waals surface area contributed by atoms with Gasteiger partial charge >= 0.3 is 0 Å². The predicted molar refractivity (Wildman–Crippen MR) is 39.9 cm³/mol. The van der Waals surface area contributed by atoms with Gasteiger partial charge in [0, 0.05) is 5.92 Å². The summed E-state index contributed by atoms with van der Waals surface area (Å²) in [5.74, 6) is 1.32. The summed E-state index contributed by atoms with van der Waals surface area (Å²) in [5.41, 5.74) is -0.451. The van der Waals surface area contributed by atoms with Crippen LogP contribution in [0.2, 0.25) is 0 Å². The van der Waals surface area contributed by atoms with Crippen LogP contribution < -0.4 is 0 Å². The van der Waals surface area contributed by atoms with Crippen molar-refractivity contribution in [2.75, 3.05) is 0 Å². The van der Waals surface area contributed by atoms with Gasteiger partial charge in [-0.3, -0.25) is 0 Å². The van der Waals surface area contributed by atoms with E-state index in [0.717, 1.165) is 19.3 Å². The van der Waals surface area contributed by atoms with E-state index in [-0.39, 0.29) is 12.0 Å². The highest BCUT2D eigenvalue weighted by atomic mass is 16.3. The highest BCUT2D eigenvalue weighted by Crippen LogP contribution is 2.61. The minimum Gasteiger partial charge on any atom is -0.392 e. The molecule has 3 aliphatic rings. The highest BCUT2D eigenvalue weighted by molar-refractivity contribution is 5.14. The summed E-state index contributed by atoms with van der Waals surface area (Å²) < 4.78 is 0. The number of hydrogen-bond donors (Lipinski definition) is 2. The molecule has 0 aromatic heterocycles. The summed E-state index contributed by atoms with van der Waals surface area (Å²) in [4.78, 5) is 0. The molecule has 0 saturated heterocycles. The van der Waals surface area contributed by atoms with Crippen molar-refractivity contribution < 1.29 is 10.2 Å². The summed E-state index contributed by atoms with van der Waals surface area (Å²) in [6.07, 6.45) is 3.96. The van der Waals surface area contributed by atoms with Crippen LogP contribution in [0.4, 0.5) is 0 Å². The van der Waals surface area contributed by atoms with Crippen LogP contribution in [0.5, 0.6) is 0 Å². The molecular formula is C9H14O2. The summed E-state index contributed by atoms with van der Waals surface area (Å²) in [6, 6.07) is 0. The maximum absolute atomic E-state index is 10.0. The lowest BCUT2D eigenvalue weighted by molar-refractivity contribution is -0.0146. The Bertz CT molecular complexity index is 202. The Labute approximate surface area is 66.2 Å². The summed E-state index contributed by atoms with van der Waals surface area (Å²) in [5, 5.41) is 19.8. The van der Waals surface area contributed by atoms with E-state index >= 15 is 0 Å². The molecule has 11 heavy (non-hydrogen) atoms. The Kier molecular flexibility index (Phi) is 0.961. The van der Waals surface area contributed by atoms with Crippen LogP contribution in [-0.2, 0) is 0 Å². The van der Waals surface area contributed by atoms with Crippen molar-refractivity contribution in [2.45, 2.75) is 37.4 Å². The van der Waals surface area contributed by atoms with E-state index in [9.17, 15) is 10.2 Å². The maximum Gasteiger partial charge on any atom is 0.0706 e. The fraction of sp³-hybridized carbons (Fsp3) is 1.00. The second kappa shape index (κ2) is 1.64. The van der Waals surface area contributed by atoms with Gasteiger partial charge in [-0.05, 0) is 37.5 Å². The zero-order valence-electron chi connectivity index (χ0n) is 6.53. The van der Waals surface area contributed by atoms with Crippen molar-refractivity contribution in [3.8, 4) is 0 Å². The number of fused-ring (bicyclic) bond motifs is 1. The van der Waals surface area contributed by atoms with Gasteiger partial charge in [0.15, 0.2) is 0 Å². The van der Waals surface area contributed by atoms with Crippen molar-refractivity contribution in [1.82, 2.24) is 0 Å². The molecule has 3 rings (SSSR count). The topological polar surface area (TPSA) is 40.5 Å². The van der Waals surface area contributed by atoms with E-state index < -0.39 is 5.60 Å². The smallest absolute Gasteiger partial charge is 0.0706 e.